The van der Waals surface area contributed by atoms with Gasteiger partial charge in [0, 0.05) is 6.21 Å². The minimum atomic E-state index is -1.29. The van der Waals surface area contributed by atoms with Crippen LogP contribution in [0.2, 0.25) is 0 Å². The van der Waals surface area contributed by atoms with E-state index in [2.05, 4.69) is 4.40 Å². The highest BCUT2D eigenvalue weighted by atomic mass is 32.2. The summed E-state index contributed by atoms with van der Waals surface area (Å²) in [5.74, 6) is -1.34. The molecule has 2 atom stereocenters. The summed E-state index contributed by atoms with van der Waals surface area (Å²) < 4.78 is 14.8. The number of hydrogen-bond acceptors (Lipinski definition) is 2. The van der Waals surface area contributed by atoms with Gasteiger partial charge in [0.05, 0.1) is 10.7 Å². The summed E-state index contributed by atoms with van der Waals surface area (Å²) in [7, 11) is -1.29. The SMILES string of the molecule is CC(CC=NS(=O)C(C)(C)C)C(=O)O. The molecule has 82 valence electrons. The predicted octanol–water partition coefficient (Wildman–Crippen LogP) is 1.63. The zero-order valence-corrected chi connectivity index (χ0v) is 9.80. The molecule has 0 rings (SSSR count). The first-order valence-corrected chi connectivity index (χ1v) is 5.53. The van der Waals surface area contributed by atoms with E-state index in [1.54, 1.807) is 6.92 Å². The molecular formula is C9H17NO3S. The van der Waals surface area contributed by atoms with Crippen LogP contribution >= 0.6 is 0 Å². The van der Waals surface area contributed by atoms with Crippen LogP contribution in [-0.4, -0.2) is 26.2 Å². The van der Waals surface area contributed by atoms with Gasteiger partial charge in [0.15, 0.2) is 0 Å². The monoisotopic (exact) mass is 219 g/mol. The summed E-state index contributed by atoms with van der Waals surface area (Å²) in [6.07, 6.45) is 1.75. The maximum Gasteiger partial charge on any atom is 0.306 e. The van der Waals surface area contributed by atoms with Gasteiger partial charge >= 0.3 is 5.97 Å². The Morgan fingerprint density at radius 3 is 2.43 bits per heavy atom. The molecule has 2 unspecified atom stereocenters. The third-order valence-electron chi connectivity index (χ3n) is 1.57. The van der Waals surface area contributed by atoms with Crippen molar-refractivity contribution in [1.82, 2.24) is 0 Å². The van der Waals surface area contributed by atoms with Gasteiger partial charge in [-0.3, -0.25) is 4.79 Å². The summed E-state index contributed by atoms with van der Waals surface area (Å²) in [6, 6.07) is 0. The van der Waals surface area contributed by atoms with Gasteiger partial charge in [-0.25, -0.2) is 4.21 Å². The van der Waals surface area contributed by atoms with Crippen molar-refractivity contribution in [2.45, 2.75) is 38.9 Å². The number of rotatable bonds is 4. The van der Waals surface area contributed by atoms with E-state index in [1.165, 1.54) is 6.21 Å². The maximum atomic E-state index is 11.4. The van der Waals surface area contributed by atoms with E-state index >= 15 is 0 Å². The summed E-state index contributed by atoms with van der Waals surface area (Å²) in [5.41, 5.74) is 0. The predicted molar refractivity (Wildman–Crippen MR) is 57.8 cm³/mol. The molecule has 0 saturated carbocycles. The molecule has 0 fully saturated rings. The topological polar surface area (TPSA) is 66.7 Å². The fraction of sp³-hybridized carbons (Fsp3) is 0.778. The van der Waals surface area contributed by atoms with Gasteiger partial charge in [0.2, 0.25) is 0 Å². The third kappa shape index (κ3) is 5.11. The van der Waals surface area contributed by atoms with E-state index in [0.717, 1.165) is 0 Å². The van der Waals surface area contributed by atoms with Crippen molar-refractivity contribution in [2.75, 3.05) is 0 Å². The molecule has 0 aromatic rings. The molecule has 0 spiro atoms. The Hall–Kier alpha value is -0.710. The van der Waals surface area contributed by atoms with Crippen molar-refractivity contribution in [2.24, 2.45) is 10.3 Å². The lowest BCUT2D eigenvalue weighted by Gasteiger charge is -2.12. The zero-order valence-electron chi connectivity index (χ0n) is 8.98. The van der Waals surface area contributed by atoms with Gasteiger partial charge in [0.25, 0.3) is 0 Å². The normalized spacial score (nSPS) is 16.9. The molecule has 5 heteroatoms. The maximum absolute atomic E-state index is 11.4. The Morgan fingerprint density at radius 1 is 1.57 bits per heavy atom. The van der Waals surface area contributed by atoms with Crippen LogP contribution in [0.15, 0.2) is 4.40 Å². The van der Waals surface area contributed by atoms with Crippen LogP contribution in [0.3, 0.4) is 0 Å². The van der Waals surface area contributed by atoms with E-state index in [0.29, 0.717) is 6.42 Å². The molecular weight excluding hydrogens is 202 g/mol. The van der Waals surface area contributed by atoms with Crippen molar-refractivity contribution in [1.29, 1.82) is 0 Å². The molecule has 0 aliphatic carbocycles. The Morgan fingerprint density at radius 2 is 2.07 bits per heavy atom. The standard InChI is InChI=1S/C9H17NO3S/c1-7(8(11)12)5-6-10-14(13)9(2,3)4/h6-7H,5H2,1-4H3,(H,11,12). The average Bonchev–Trinajstić information content (AvgIpc) is 2.01. The Balaban J connectivity index is 4.08. The minimum absolute atomic E-state index is 0.317. The summed E-state index contributed by atoms with van der Waals surface area (Å²) in [6.45, 7) is 7.05. The lowest BCUT2D eigenvalue weighted by atomic mass is 10.1. The summed E-state index contributed by atoms with van der Waals surface area (Å²) in [5, 5.41) is 8.57. The molecule has 0 aliphatic heterocycles. The van der Waals surface area contributed by atoms with E-state index in [-0.39, 0.29) is 4.75 Å². The second-order valence-electron chi connectivity index (χ2n) is 4.12. The fourth-order valence-electron chi connectivity index (χ4n) is 0.528. The van der Waals surface area contributed by atoms with Gasteiger partial charge in [0.1, 0.15) is 11.0 Å². The van der Waals surface area contributed by atoms with Crippen LogP contribution in [0, 0.1) is 5.92 Å². The average molecular weight is 219 g/mol. The number of nitrogens with zero attached hydrogens (tertiary/aromatic N) is 1. The van der Waals surface area contributed by atoms with Crippen molar-refractivity contribution in [3.05, 3.63) is 0 Å². The lowest BCUT2D eigenvalue weighted by Crippen LogP contribution is -2.20. The Bertz CT molecular complexity index is 255. The zero-order chi connectivity index (χ0) is 11.4. The second kappa shape index (κ2) is 5.24. The van der Waals surface area contributed by atoms with E-state index in [1.807, 2.05) is 20.8 Å². The molecule has 0 amide bonds. The second-order valence-corrected chi connectivity index (χ2v) is 6.06. The van der Waals surface area contributed by atoms with Crippen LogP contribution in [0.5, 0.6) is 0 Å². The number of carbonyl (C=O) groups is 1. The van der Waals surface area contributed by atoms with Crippen molar-refractivity contribution >= 4 is 23.2 Å². The highest BCUT2D eigenvalue weighted by Crippen LogP contribution is 2.12. The molecule has 0 bridgehead atoms. The van der Waals surface area contributed by atoms with Crippen LogP contribution in [-0.2, 0) is 15.8 Å². The molecule has 0 aliphatic rings. The largest absolute Gasteiger partial charge is 0.481 e. The molecule has 0 heterocycles. The number of carboxylic acid groups (broad SMARTS) is 1. The van der Waals surface area contributed by atoms with Crippen molar-refractivity contribution < 1.29 is 14.1 Å². The quantitative estimate of drug-likeness (QED) is 0.731. The highest BCUT2D eigenvalue weighted by Gasteiger charge is 2.18. The Labute approximate surface area is 87.0 Å². The van der Waals surface area contributed by atoms with E-state index in [4.69, 9.17) is 5.11 Å². The van der Waals surface area contributed by atoms with E-state index < -0.39 is 22.9 Å². The molecule has 0 aromatic carbocycles. The van der Waals surface area contributed by atoms with Crippen LogP contribution in [0.1, 0.15) is 34.1 Å². The van der Waals surface area contributed by atoms with Crippen LogP contribution < -0.4 is 0 Å². The lowest BCUT2D eigenvalue weighted by molar-refractivity contribution is -0.140. The smallest absolute Gasteiger partial charge is 0.306 e. The number of carboxylic acids is 1. The first kappa shape index (κ1) is 13.3. The van der Waals surface area contributed by atoms with Gasteiger partial charge < -0.3 is 5.11 Å². The molecule has 1 N–H and O–H groups in total. The molecule has 14 heavy (non-hydrogen) atoms. The molecule has 4 nitrogen and oxygen atoms in total. The van der Waals surface area contributed by atoms with E-state index in [9.17, 15) is 9.00 Å². The van der Waals surface area contributed by atoms with Gasteiger partial charge in [-0.1, -0.05) is 6.92 Å². The first-order valence-electron chi connectivity index (χ1n) is 4.42. The summed E-state index contributed by atoms with van der Waals surface area (Å²) >= 11 is 0. The fourth-order valence-corrected chi connectivity index (χ4v) is 1.07. The first-order chi connectivity index (χ1) is 6.25. The minimum Gasteiger partial charge on any atom is -0.481 e. The molecule has 0 aromatic heterocycles. The van der Waals surface area contributed by atoms with Gasteiger partial charge in [-0.15, -0.1) is 0 Å². The van der Waals surface area contributed by atoms with Gasteiger partial charge in [-0.2, -0.15) is 4.40 Å². The number of hydrogen-bond donors (Lipinski definition) is 1. The van der Waals surface area contributed by atoms with Gasteiger partial charge in [-0.05, 0) is 27.2 Å². The number of aliphatic carboxylic acids is 1. The highest BCUT2D eigenvalue weighted by molar-refractivity contribution is 7.85. The van der Waals surface area contributed by atoms with Crippen LogP contribution in [0.4, 0.5) is 0 Å². The summed E-state index contributed by atoms with van der Waals surface area (Å²) in [4.78, 5) is 10.4. The Kier molecular flexibility index (Phi) is 4.97. The van der Waals surface area contributed by atoms with Crippen molar-refractivity contribution in [3.8, 4) is 0 Å². The third-order valence-corrected chi connectivity index (χ3v) is 2.96. The van der Waals surface area contributed by atoms with Crippen molar-refractivity contribution in [3.63, 3.8) is 0 Å². The van der Waals surface area contributed by atoms with Crippen LogP contribution in [0.25, 0.3) is 0 Å². The molecule has 0 saturated heterocycles. The molecule has 0 radical (unpaired) electrons.